The predicted molar refractivity (Wildman–Crippen MR) is 197 cm³/mol. The minimum absolute atomic E-state index is 0.0545. The summed E-state index contributed by atoms with van der Waals surface area (Å²) >= 11 is 0. The summed E-state index contributed by atoms with van der Waals surface area (Å²) in [5.41, 5.74) is 5.95. The van der Waals surface area contributed by atoms with Gasteiger partial charge in [-0.05, 0) is 188 Å². The molecule has 4 rings (SSSR count). The van der Waals surface area contributed by atoms with Crippen molar-refractivity contribution in [2.45, 2.75) is 150 Å². The van der Waals surface area contributed by atoms with Crippen molar-refractivity contribution < 1.29 is 17.2 Å². The summed E-state index contributed by atoms with van der Waals surface area (Å²) in [7, 11) is -4.42. The molecule has 0 bridgehead atoms. The molecule has 9 heteroatoms. The maximum Gasteiger partial charge on any atom is 0.397 e. The molecule has 0 aliphatic heterocycles. The summed E-state index contributed by atoms with van der Waals surface area (Å²) in [5, 5.41) is 11.0. The third-order valence-corrected chi connectivity index (χ3v) is 13.6. The van der Waals surface area contributed by atoms with Crippen molar-refractivity contribution in [1.29, 1.82) is 0 Å². The number of unbranched alkanes of at least 4 members (excludes halogenated alkanes) is 1. The van der Waals surface area contributed by atoms with E-state index < -0.39 is 16.5 Å². The Kier molecular flexibility index (Phi) is 18.0. The molecule has 4 fully saturated rings. The molecule has 0 saturated heterocycles. The van der Waals surface area contributed by atoms with Crippen molar-refractivity contribution in [1.82, 2.24) is 16.0 Å². The first-order valence-electron chi connectivity index (χ1n) is 20.0. The van der Waals surface area contributed by atoms with Crippen molar-refractivity contribution in [2.75, 3.05) is 39.3 Å². The largest absolute Gasteiger partial charge is 0.397 e. The monoisotopic (exact) mass is 685 g/mol. The second kappa shape index (κ2) is 20.5. The highest BCUT2D eigenvalue weighted by Gasteiger charge is 2.57. The van der Waals surface area contributed by atoms with Crippen molar-refractivity contribution in [3.63, 3.8) is 0 Å². The van der Waals surface area contributed by atoms with Gasteiger partial charge in [-0.15, -0.1) is 0 Å². The first kappa shape index (κ1) is 41.1. The van der Waals surface area contributed by atoms with Crippen LogP contribution in [0, 0.1) is 52.8 Å². The molecule has 278 valence electrons. The van der Waals surface area contributed by atoms with Gasteiger partial charge in [-0.25, -0.2) is 4.18 Å². The van der Waals surface area contributed by atoms with Crippen LogP contribution in [0.3, 0.4) is 0 Å². The summed E-state index contributed by atoms with van der Waals surface area (Å²) in [5.74, 6) is 5.87. The number of hydrogen-bond donors (Lipinski definition) is 5. The van der Waals surface area contributed by atoms with E-state index in [9.17, 15) is 13.0 Å². The van der Waals surface area contributed by atoms with Crippen LogP contribution in [-0.2, 0) is 14.6 Å². The molecular weight excluding hydrogens is 609 g/mol. The Morgan fingerprint density at radius 2 is 1.47 bits per heavy atom. The first-order chi connectivity index (χ1) is 22.5. The van der Waals surface area contributed by atoms with E-state index in [2.05, 4.69) is 29.8 Å². The van der Waals surface area contributed by atoms with Crippen LogP contribution < -0.4 is 21.7 Å². The summed E-state index contributed by atoms with van der Waals surface area (Å²) < 4.78 is 37.1. The molecule has 4 aliphatic rings. The molecule has 4 aliphatic carbocycles. The molecule has 4 saturated carbocycles. The third kappa shape index (κ3) is 12.2. The lowest BCUT2D eigenvalue weighted by Crippen LogP contribution is -2.50. The van der Waals surface area contributed by atoms with Crippen LogP contribution in [0.5, 0.6) is 0 Å². The van der Waals surface area contributed by atoms with Crippen LogP contribution in [0.2, 0.25) is 0 Å². The van der Waals surface area contributed by atoms with Crippen LogP contribution in [-0.4, -0.2) is 64.4 Å². The van der Waals surface area contributed by atoms with E-state index in [0.29, 0.717) is 29.7 Å². The summed E-state index contributed by atoms with van der Waals surface area (Å²) in [6, 6.07) is 0.715. The second-order valence-electron chi connectivity index (χ2n) is 16.2. The average molecular weight is 685 g/mol. The van der Waals surface area contributed by atoms with E-state index in [1.807, 2.05) is 27.7 Å². The molecular formula is C38H76N4O4S. The van der Waals surface area contributed by atoms with Crippen molar-refractivity contribution >= 4 is 10.4 Å². The van der Waals surface area contributed by atoms with Gasteiger partial charge in [0.25, 0.3) is 0 Å². The molecule has 10 atom stereocenters. The Balaban J connectivity index is 0.00000294. The minimum atomic E-state index is -4.42. The Morgan fingerprint density at radius 3 is 2.13 bits per heavy atom. The van der Waals surface area contributed by atoms with Gasteiger partial charge in [-0.1, -0.05) is 41.5 Å². The Morgan fingerprint density at radius 1 is 0.809 bits per heavy atom. The van der Waals surface area contributed by atoms with Gasteiger partial charge >= 0.3 is 10.4 Å². The van der Waals surface area contributed by atoms with Gasteiger partial charge in [0.15, 0.2) is 0 Å². The van der Waals surface area contributed by atoms with Crippen molar-refractivity contribution in [2.24, 2.45) is 58.5 Å². The number of hydrogen-bond acceptors (Lipinski definition) is 7. The Labute approximate surface area is 290 Å². The van der Waals surface area contributed by atoms with Gasteiger partial charge in [0.1, 0.15) is 0 Å². The highest BCUT2D eigenvalue weighted by molar-refractivity contribution is 7.80. The standard InChI is InChI=1S/C36H70N4O4S.C2H6/c1-26(2)35(44-45(41,42)43)16-9-27(3)33-14-15-34-32-12-10-28-25-29(11-13-30(28)31(32)17-18-36(33,34)4)40-24-8-23-39-21-6-5-20-38-22-7-19-37;1-2/h26-35,38-40H,5-25,37H2,1-4H3,(H,41,42,43);1-2H3. The van der Waals surface area contributed by atoms with Crippen LogP contribution in [0.25, 0.3) is 0 Å². The molecule has 0 spiro atoms. The molecule has 0 heterocycles. The highest BCUT2D eigenvalue weighted by Crippen LogP contribution is 2.65. The van der Waals surface area contributed by atoms with Crippen LogP contribution in [0.15, 0.2) is 0 Å². The van der Waals surface area contributed by atoms with E-state index in [4.69, 9.17) is 9.92 Å². The molecule has 0 radical (unpaired) electrons. The van der Waals surface area contributed by atoms with Gasteiger partial charge in [0.2, 0.25) is 0 Å². The van der Waals surface area contributed by atoms with Crippen molar-refractivity contribution in [3.8, 4) is 0 Å². The molecule has 0 aromatic rings. The lowest BCUT2D eigenvalue weighted by molar-refractivity contribution is -0.0720. The minimum Gasteiger partial charge on any atom is -0.330 e. The lowest BCUT2D eigenvalue weighted by atomic mass is 9.49. The van der Waals surface area contributed by atoms with E-state index >= 15 is 0 Å². The summed E-state index contributed by atoms with van der Waals surface area (Å²) in [6.07, 6.45) is 18.5. The van der Waals surface area contributed by atoms with Crippen LogP contribution in [0.1, 0.15) is 138 Å². The first-order valence-corrected chi connectivity index (χ1v) is 21.4. The molecule has 10 unspecified atom stereocenters. The van der Waals surface area contributed by atoms with E-state index in [1.165, 1.54) is 77.0 Å². The molecule has 0 aromatic heterocycles. The van der Waals surface area contributed by atoms with Gasteiger partial charge in [-0.2, -0.15) is 8.42 Å². The fourth-order valence-corrected chi connectivity index (χ4v) is 11.4. The van der Waals surface area contributed by atoms with Gasteiger partial charge in [0.05, 0.1) is 6.10 Å². The highest BCUT2D eigenvalue weighted by atomic mass is 32.3. The van der Waals surface area contributed by atoms with Crippen LogP contribution in [0.4, 0.5) is 0 Å². The third-order valence-electron chi connectivity index (χ3n) is 13.1. The van der Waals surface area contributed by atoms with E-state index in [0.717, 1.165) is 81.7 Å². The van der Waals surface area contributed by atoms with E-state index in [-0.39, 0.29) is 5.92 Å². The zero-order valence-electron chi connectivity index (χ0n) is 31.3. The number of nitrogens with two attached hydrogens (primary N) is 1. The fraction of sp³-hybridized carbons (Fsp3) is 1.00. The van der Waals surface area contributed by atoms with E-state index in [1.54, 1.807) is 0 Å². The Hall–Kier alpha value is -0.290. The van der Waals surface area contributed by atoms with Gasteiger partial charge < -0.3 is 21.7 Å². The quantitative estimate of drug-likeness (QED) is 0.0674. The summed E-state index contributed by atoms with van der Waals surface area (Å²) in [4.78, 5) is 0. The number of fused-ring (bicyclic) bond motifs is 5. The van der Waals surface area contributed by atoms with Gasteiger partial charge in [0, 0.05) is 6.04 Å². The zero-order chi connectivity index (χ0) is 34.5. The lowest BCUT2D eigenvalue weighted by Gasteiger charge is -2.57. The smallest absolute Gasteiger partial charge is 0.330 e. The second-order valence-corrected chi connectivity index (χ2v) is 17.2. The topological polar surface area (TPSA) is 126 Å². The normalized spacial score (nSPS) is 33.3. The predicted octanol–water partition coefficient (Wildman–Crippen LogP) is 7.20. The molecule has 6 N–H and O–H groups in total. The number of rotatable bonds is 20. The van der Waals surface area contributed by atoms with Gasteiger partial charge in [-0.3, -0.25) is 4.55 Å². The zero-order valence-corrected chi connectivity index (χ0v) is 32.1. The number of nitrogens with one attached hydrogen (secondary N) is 3. The molecule has 0 amide bonds. The SMILES string of the molecule is CC.CC(C)C(CCC(C)C1CCC2C3CCC4CC(NCCCNCCCCNCCCN)CCC4C3CCC12C)OS(=O)(=O)O. The average Bonchev–Trinajstić information content (AvgIpc) is 3.40. The molecule has 47 heavy (non-hydrogen) atoms. The Bertz CT molecular complexity index is 967. The van der Waals surface area contributed by atoms with Crippen molar-refractivity contribution in [3.05, 3.63) is 0 Å². The molecule has 8 nitrogen and oxygen atoms in total. The summed E-state index contributed by atoms with van der Waals surface area (Å²) in [6.45, 7) is 19.3. The maximum atomic E-state index is 11.4. The van der Waals surface area contributed by atoms with Crippen LogP contribution >= 0.6 is 0 Å². The fourth-order valence-electron chi connectivity index (χ4n) is 10.8. The molecule has 0 aromatic carbocycles. The maximum absolute atomic E-state index is 11.4.